The minimum atomic E-state index is -0.516. The number of nitrogens with zero attached hydrogens (tertiary/aromatic N) is 3. The van der Waals surface area contributed by atoms with E-state index < -0.39 is 5.76 Å². The molecule has 1 aliphatic rings. The van der Waals surface area contributed by atoms with E-state index in [0.717, 1.165) is 24.3 Å². The maximum absolute atomic E-state index is 12.8. The Morgan fingerprint density at radius 2 is 2.21 bits per heavy atom. The van der Waals surface area contributed by atoms with Crippen LogP contribution >= 0.6 is 0 Å². The SMILES string of the molecule is Cc1cc([C@@H]2CCCN2C(=O)Cn2c(=O)oc3ccccc32)no1. The third-order valence-corrected chi connectivity index (χ3v) is 4.43. The summed E-state index contributed by atoms with van der Waals surface area (Å²) in [4.78, 5) is 26.6. The molecule has 3 heterocycles. The molecular weight excluding hydrogens is 310 g/mol. The van der Waals surface area contributed by atoms with Crippen LogP contribution in [-0.2, 0) is 11.3 Å². The number of likely N-dealkylation sites (tertiary alicyclic amines) is 1. The molecule has 0 unspecified atom stereocenters. The largest absolute Gasteiger partial charge is 0.420 e. The number of oxazole rings is 1. The average Bonchev–Trinajstić information content (AvgIpc) is 3.27. The van der Waals surface area contributed by atoms with Gasteiger partial charge < -0.3 is 13.8 Å². The number of hydrogen-bond donors (Lipinski definition) is 0. The zero-order valence-electron chi connectivity index (χ0n) is 13.3. The second kappa shape index (κ2) is 5.67. The summed E-state index contributed by atoms with van der Waals surface area (Å²) >= 11 is 0. The molecule has 1 amide bonds. The Kier molecular flexibility index (Phi) is 3.48. The number of hydrogen-bond acceptors (Lipinski definition) is 5. The summed E-state index contributed by atoms with van der Waals surface area (Å²) in [7, 11) is 0. The number of rotatable bonds is 3. The van der Waals surface area contributed by atoms with E-state index in [1.165, 1.54) is 4.57 Å². The monoisotopic (exact) mass is 327 g/mol. The summed E-state index contributed by atoms with van der Waals surface area (Å²) in [6.07, 6.45) is 1.75. The highest BCUT2D eigenvalue weighted by Crippen LogP contribution is 2.31. The lowest BCUT2D eigenvalue weighted by molar-refractivity contribution is -0.132. The molecule has 0 N–H and O–H groups in total. The number of benzene rings is 1. The van der Waals surface area contributed by atoms with E-state index in [1.54, 1.807) is 23.1 Å². The van der Waals surface area contributed by atoms with Crippen LogP contribution in [-0.4, -0.2) is 27.1 Å². The fraction of sp³-hybridized carbons (Fsp3) is 0.353. The van der Waals surface area contributed by atoms with Crippen LogP contribution in [0, 0.1) is 6.92 Å². The van der Waals surface area contributed by atoms with E-state index in [1.807, 2.05) is 19.1 Å². The first-order chi connectivity index (χ1) is 11.6. The molecule has 0 aliphatic carbocycles. The van der Waals surface area contributed by atoms with Crippen molar-refractivity contribution in [3.05, 3.63) is 52.3 Å². The molecule has 4 rings (SSSR count). The molecule has 1 saturated heterocycles. The Labute approximate surface area is 137 Å². The van der Waals surface area contributed by atoms with Crippen molar-refractivity contribution in [1.29, 1.82) is 0 Å². The zero-order chi connectivity index (χ0) is 16.7. The van der Waals surface area contributed by atoms with Gasteiger partial charge in [0.25, 0.3) is 0 Å². The van der Waals surface area contributed by atoms with Gasteiger partial charge in [0, 0.05) is 12.6 Å². The lowest BCUT2D eigenvalue weighted by atomic mass is 10.1. The highest BCUT2D eigenvalue weighted by Gasteiger charge is 2.32. The van der Waals surface area contributed by atoms with Crippen molar-refractivity contribution < 1.29 is 13.7 Å². The maximum atomic E-state index is 12.8. The quantitative estimate of drug-likeness (QED) is 0.737. The Hall–Kier alpha value is -2.83. The molecule has 0 saturated carbocycles. The van der Waals surface area contributed by atoms with Gasteiger partial charge in [-0.3, -0.25) is 9.36 Å². The van der Waals surface area contributed by atoms with Crippen LogP contribution in [0.2, 0.25) is 0 Å². The number of carbonyl (C=O) groups excluding carboxylic acids is 1. The molecule has 24 heavy (non-hydrogen) atoms. The third-order valence-electron chi connectivity index (χ3n) is 4.43. The summed E-state index contributed by atoms with van der Waals surface area (Å²) < 4.78 is 11.7. The topological polar surface area (TPSA) is 81.5 Å². The fourth-order valence-electron chi connectivity index (χ4n) is 3.31. The van der Waals surface area contributed by atoms with Crippen LogP contribution in [0.3, 0.4) is 0 Å². The Balaban J connectivity index is 1.61. The summed E-state index contributed by atoms with van der Waals surface area (Å²) in [6.45, 7) is 2.44. The van der Waals surface area contributed by atoms with Crippen LogP contribution in [0.1, 0.15) is 30.3 Å². The minimum absolute atomic E-state index is 0.0385. The molecular formula is C17H17N3O4. The number of amides is 1. The second-order valence-corrected chi connectivity index (χ2v) is 6.03. The van der Waals surface area contributed by atoms with Crippen molar-refractivity contribution in [1.82, 2.24) is 14.6 Å². The molecule has 3 aromatic rings. The van der Waals surface area contributed by atoms with Gasteiger partial charge in [0.2, 0.25) is 5.91 Å². The molecule has 0 spiro atoms. The van der Waals surface area contributed by atoms with Gasteiger partial charge in [-0.15, -0.1) is 0 Å². The lowest BCUT2D eigenvalue weighted by Crippen LogP contribution is -2.35. The number of para-hydroxylation sites is 2. The highest BCUT2D eigenvalue weighted by molar-refractivity contribution is 5.80. The van der Waals surface area contributed by atoms with Crippen molar-refractivity contribution in [2.45, 2.75) is 32.4 Å². The van der Waals surface area contributed by atoms with Gasteiger partial charge in [-0.05, 0) is 31.9 Å². The van der Waals surface area contributed by atoms with E-state index >= 15 is 0 Å². The molecule has 1 aliphatic heterocycles. The Morgan fingerprint density at radius 1 is 1.38 bits per heavy atom. The lowest BCUT2D eigenvalue weighted by Gasteiger charge is -2.23. The first-order valence-electron chi connectivity index (χ1n) is 7.94. The molecule has 1 fully saturated rings. The van der Waals surface area contributed by atoms with Gasteiger partial charge in [0.15, 0.2) is 5.58 Å². The summed E-state index contributed by atoms with van der Waals surface area (Å²) in [5, 5.41) is 4.04. The van der Waals surface area contributed by atoms with Crippen LogP contribution in [0.15, 0.2) is 44.1 Å². The summed E-state index contributed by atoms with van der Waals surface area (Å²) in [6, 6.07) is 8.86. The minimum Gasteiger partial charge on any atom is -0.408 e. The van der Waals surface area contributed by atoms with Crippen molar-refractivity contribution in [3.63, 3.8) is 0 Å². The van der Waals surface area contributed by atoms with E-state index in [-0.39, 0.29) is 18.5 Å². The van der Waals surface area contributed by atoms with E-state index in [2.05, 4.69) is 5.16 Å². The first-order valence-corrected chi connectivity index (χ1v) is 7.94. The number of aromatic nitrogens is 2. The molecule has 0 bridgehead atoms. The Morgan fingerprint density at radius 3 is 3.00 bits per heavy atom. The van der Waals surface area contributed by atoms with Crippen molar-refractivity contribution in [2.75, 3.05) is 6.54 Å². The number of carbonyl (C=O) groups is 1. The highest BCUT2D eigenvalue weighted by atomic mass is 16.5. The first kappa shape index (κ1) is 14.7. The maximum Gasteiger partial charge on any atom is 0.420 e. The molecule has 1 aromatic carbocycles. The van der Waals surface area contributed by atoms with Crippen molar-refractivity contribution in [3.8, 4) is 0 Å². The van der Waals surface area contributed by atoms with Gasteiger partial charge in [0.1, 0.15) is 18.0 Å². The number of fused-ring (bicyclic) bond motifs is 1. The predicted molar refractivity (Wildman–Crippen MR) is 85.4 cm³/mol. The summed E-state index contributed by atoms with van der Waals surface area (Å²) in [5.74, 6) is 0.0886. The standard InChI is InChI=1S/C17H17N3O4/c1-11-9-12(18-24-11)13-6-4-8-19(13)16(21)10-20-14-5-2-3-7-15(14)23-17(20)22/h2-3,5,7,9,13H,4,6,8,10H2,1H3/t13-/m0/s1. The van der Waals surface area contributed by atoms with Crippen LogP contribution in [0.25, 0.3) is 11.1 Å². The van der Waals surface area contributed by atoms with Crippen LogP contribution < -0.4 is 5.76 Å². The smallest absolute Gasteiger partial charge is 0.408 e. The molecule has 1 atom stereocenters. The molecule has 7 nitrogen and oxygen atoms in total. The van der Waals surface area contributed by atoms with Crippen molar-refractivity contribution in [2.24, 2.45) is 0 Å². The fourth-order valence-corrected chi connectivity index (χ4v) is 3.31. The number of aryl methyl sites for hydroxylation is 1. The van der Waals surface area contributed by atoms with Gasteiger partial charge in [0.05, 0.1) is 11.6 Å². The van der Waals surface area contributed by atoms with Crippen LogP contribution in [0.5, 0.6) is 0 Å². The summed E-state index contributed by atoms with van der Waals surface area (Å²) in [5.41, 5.74) is 1.88. The average molecular weight is 327 g/mol. The normalized spacial score (nSPS) is 17.7. The molecule has 2 aromatic heterocycles. The molecule has 124 valence electrons. The molecule has 0 radical (unpaired) electrons. The van der Waals surface area contributed by atoms with Gasteiger partial charge in [-0.2, -0.15) is 0 Å². The molecule has 7 heteroatoms. The van der Waals surface area contributed by atoms with Gasteiger partial charge in [-0.25, -0.2) is 4.79 Å². The van der Waals surface area contributed by atoms with E-state index in [9.17, 15) is 9.59 Å². The van der Waals surface area contributed by atoms with Gasteiger partial charge >= 0.3 is 5.76 Å². The van der Waals surface area contributed by atoms with Gasteiger partial charge in [-0.1, -0.05) is 17.3 Å². The Bertz CT molecular complexity index is 952. The van der Waals surface area contributed by atoms with E-state index in [4.69, 9.17) is 8.94 Å². The van der Waals surface area contributed by atoms with E-state index in [0.29, 0.717) is 17.6 Å². The van der Waals surface area contributed by atoms with Crippen molar-refractivity contribution >= 4 is 17.0 Å². The zero-order valence-corrected chi connectivity index (χ0v) is 13.3. The van der Waals surface area contributed by atoms with Crippen LogP contribution in [0.4, 0.5) is 0 Å². The third kappa shape index (κ3) is 2.42. The predicted octanol–water partition coefficient (Wildman–Crippen LogP) is 2.25. The second-order valence-electron chi connectivity index (χ2n) is 6.03.